The first-order valence-corrected chi connectivity index (χ1v) is 7.25. The van der Waals surface area contributed by atoms with Crippen molar-refractivity contribution >= 4 is 50.1 Å². The second-order valence-corrected chi connectivity index (χ2v) is 5.62. The summed E-state index contributed by atoms with van der Waals surface area (Å²) in [5, 5.41) is 7.69. The van der Waals surface area contributed by atoms with Gasteiger partial charge in [-0.3, -0.25) is 4.79 Å². The molecule has 3 rings (SSSR count). The van der Waals surface area contributed by atoms with E-state index in [1.165, 1.54) is 0 Å². The lowest BCUT2D eigenvalue weighted by Crippen LogP contribution is -2.15. The summed E-state index contributed by atoms with van der Waals surface area (Å²) in [6.07, 6.45) is 1.66. The molecule has 1 N–H and O–H groups in total. The van der Waals surface area contributed by atoms with Crippen LogP contribution < -0.4 is 5.32 Å². The minimum atomic E-state index is -0.240. The smallest absolute Gasteiger partial charge is 0.230 e. The third kappa shape index (κ3) is 3.06. The maximum absolute atomic E-state index is 12.1. The molecule has 2 aromatic heterocycles. The van der Waals surface area contributed by atoms with E-state index in [0.29, 0.717) is 17.0 Å². The van der Waals surface area contributed by atoms with Gasteiger partial charge in [0.05, 0.1) is 12.1 Å². The Morgan fingerprint density at radius 3 is 3.05 bits per heavy atom. The Morgan fingerprint density at radius 2 is 2.19 bits per heavy atom. The Labute approximate surface area is 133 Å². The highest BCUT2D eigenvalue weighted by molar-refractivity contribution is 9.10. The number of amides is 1. The van der Waals surface area contributed by atoms with Crippen LogP contribution in [0.4, 0.5) is 5.69 Å². The molecule has 1 aromatic carbocycles. The molecule has 3 aromatic rings. The van der Waals surface area contributed by atoms with Crippen molar-refractivity contribution in [2.75, 3.05) is 5.32 Å². The van der Waals surface area contributed by atoms with E-state index >= 15 is 0 Å². The molecule has 2 heterocycles. The number of hydrogen-bond acceptors (Lipinski definition) is 4. The van der Waals surface area contributed by atoms with Crippen molar-refractivity contribution in [2.24, 2.45) is 0 Å². The third-order valence-corrected chi connectivity index (χ3v) is 3.59. The molecule has 7 heteroatoms. The fourth-order valence-corrected chi connectivity index (χ4v) is 2.40. The van der Waals surface area contributed by atoms with Gasteiger partial charge in [0, 0.05) is 16.1 Å². The second kappa shape index (κ2) is 5.83. The first-order chi connectivity index (χ1) is 10.1. The summed E-state index contributed by atoms with van der Waals surface area (Å²) in [6.45, 7) is 0. The van der Waals surface area contributed by atoms with E-state index in [2.05, 4.69) is 31.4 Å². The van der Waals surface area contributed by atoms with Gasteiger partial charge in [-0.25, -0.2) is 4.98 Å². The molecular formula is C14H9BrClN3O2. The largest absolute Gasteiger partial charge is 0.356 e. The fourth-order valence-electron chi connectivity index (χ4n) is 1.92. The predicted octanol–water partition coefficient (Wildman–Crippen LogP) is 3.82. The zero-order chi connectivity index (χ0) is 14.8. The van der Waals surface area contributed by atoms with Crippen molar-refractivity contribution in [1.82, 2.24) is 10.1 Å². The SMILES string of the molecule is O=C(Cc1noc2ccccc12)Nc1cc(Br)cnc1Cl. The zero-order valence-corrected chi connectivity index (χ0v) is 13.0. The van der Waals surface area contributed by atoms with E-state index in [1.807, 2.05) is 18.2 Å². The lowest BCUT2D eigenvalue weighted by Gasteiger charge is -2.06. The Kier molecular flexibility index (Phi) is 3.90. The number of pyridine rings is 1. The summed E-state index contributed by atoms with van der Waals surface area (Å²) in [5.41, 5.74) is 1.69. The Balaban J connectivity index is 1.79. The highest BCUT2D eigenvalue weighted by Gasteiger charge is 2.13. The van der Waals surface area contributed by atoms with Gasteiger partial charge in [0.15, 0.2) is 10.7 Å². The summed E-state index contributed by atoms with van der Waals surface area (Å²) < 4.78 is 5.90. The lowest BCUT2D eigenvalue weighted by molar-refractivity contribution is -0.115. The molecule has 1 amide bonds. The topological polar surface area (TPSA) is 68.0 Å². The molecule has 0 aliphatic rings. The number of halogens is 2. The number of hydrogen-bond donors (Lipinski definition) is 1. The summed E-state index contributed by atoms with van der Waals surface area (Å²) in [4.78, 5) is 16.0. The number of fused-ring (bicyclic) bond motifs is 1. The number of anilines is 1. The van der Waals surface area contributed by atoms with Crippen molar-refractivity contribution in [3.8, 4) is 0 Å². The number of carbonyl (C=O) groups is 1. The van der Waals surface area contributed by atoms with Crippen molar-refractivity contribution < 1.29 is 9.32 Å². The number of carbonyl (C=O) groups excluding carboxylic acids is 1. The zero-order valence-electron chi connectivity index (χ0n) is 10.6. The molecule has 0 unspecified atom stereocenters. The van der Waals surface area contributed by atoms with Crippen LogP contribution in [0.3, 0.4) is 0 Å². The molecule has 0 saturated carbocycles. The first-order valence-electron chi connectivity index (χ1n) is 6.07. The number of aromatic nitrogens is 2. The molecule has 0 spiro atoms. The minimum absolute atomic E-state index is 0.0971. The van der Waals surface area contributed by atoms with Gasteiger partial charge in [0.25, 0.3) is 0 Å². The van der Waals surface area contributed by atoms with Crippen LogP contribution in [0.5, 0.6) is 0 Å². The van der Waals surface area contributed by atoms with E-state index in [9.17, 15) is 4.79 Å². The average Bonchev–Trinajstić information content (AvgIpc) is 2.86. The van der Waals surface area contributed by atoms with Gasteiger partial charge < -0.3 is 9.84 Å². The maximum atomic E-state index is 12.1. The minimum Gasteiger partial charge on any atom is -0.356 e. The lowest BCUT2D eigenvalue weighted by atomic mass is 10.1. The number of nitrogens with zero attached hydrogens (tertiary/aromatic N) is 2. The quantitative estimate of drug-likeness (QED) is 0.716. The first kappa shape index (κ1) is 14.0. The van der Waals surface area contributed by atoms with Crippen LogP contribution in [0.2, 0.25) is 5.15 Å². The van der Waals surface area contributed by atoms with E-state index < -0.39 is 0 Å². The number of nitrogens with one attached hydrogen (secondary N) is 1. The van der Waals surface area contributed by atoms with Gasteiger partial charge in [0.2, 0.25) is 5.91 Å². The second-order valence-electron chi connectivity index (χ2n) is 4.34. The van der Waals surface area contributed by atoms with Crippen LogP contribution >= 0.6 is 27.5 Å². The highest BCUT2D eigenvalue weighted by Crippen LogP contribution is 2.24. The van der Waals surface area contributed by atoms with Crippen LogP contribution in [0.1, 0.15) is 5.69 Å². The van der Waals surface area contributed by atoms with Crippen molar-refractivity contribution in [3.05, 3.63) is 51.8 Å². The van der Waals surface area contributed by atoms with Crippen LogP contribution in [0.15, 0.2) is 45.5 Å². The molecule has 0 radical (unpaired) electrons. The molecule has 5 nitrogen and oxygen atoms in total. The Bertz CT molecular complexity index is 819. The number of rotatable bonds is 3. The van der Waals surface area contributed by atoms with Crippen LogP contribution in [-0.2, 0) is 11.2 Å². The summed E-state index contributed by atoms with van der Waals surface area (Å²) in [5.74, 6) is -0.240. The normalized spacial score (nSPS) is 10.8. The van der Waals surface area contributed by atoms with Crippen LogP contribution in [-0.4, -0.2) is 16.0 Å². The Morgan fingerprint density at radius 1 is 1.38 bits per heavy atom. The number of para-hydroxylation sites is 1. The molecule has 0 bridgehead atoms. The summed E-state index contributed by atoms with van der Waals surface area (Å²) in [7, 11) is 0. The Hall–Kier alpha value is -1.92. The predicted molar refractivity (Wildman–Crippen MR) is 83.3 cm³/mol. The van der Waals surface area contributed by atoms with Crippen LogP contribution in [0.25, 0.3) is 11.0 Å². The fraction of sp³-hybridized carbons (Fsp3) is 0.0714. The molecule has 0 fully saturated rings. The standard InChI is InChI=1S/C14H9BrClN3O2/c15-8-5-11(14(16)17-7-8)18-13(20)6-10-9-3-1-2-4-12(9)21-19-10/h1-5,7H,6H2,(H,18,20). The molecule has 0 atom stereocenters. The summed E-state index contributed by atoms with van der Waals surface area (Å²) >= 11 is 9.22. The molecule has 0 aliphatic heterocycles. The van der Waals surface area contributed by atoms with E-state index in [0.717, 1.165) is 9.86 Å². The molecular weight excluding hydrogens is 358 g/mol. The highest BCUT2D eigenvalue weighted by atomic mass is 79.9. The monoisotopic (exact) mass is 365 g/mol. The van der Waals surface area contributed by atoms with Crippen molar-refractivity contribution in [3.63, 3.8) is 0 Å². The van der Waals surface area contributed by atoms with Gasteiger partial charge in [-0.15, -0.1) is 0 Å². The molecule has 0 aliphatic carbocycles. The molecule has 106 valence electrons. The van der Waals surface area contributed by atoms with Gasteiger partial charge in [-0.05, 0) is 34.1 Å². The van der Waals surface area contributed by atoms with E-state index in [1.54, 1.807) is 18.3 Å². The molecule has 21 heavy (non-hydrogen) atoms. The van der Waals surface area contributed by atoms with Crippen LogP contribution in [0, 0.1) is 0 Å². The van der Waals surface area contributed by atoms with E-state index in [-0.39, 0.29) is 17.5 Å². The van der Waals surface area contributed by atoms with Gasteiger partial charge in [-0.2, -0.15) is 0 Å². The maximum Gasteiger partial charge on any atom is 0.230 e. The average molecular weight is 367 g/mol. The number of benzene rings is 1. The van der Waals surface area contributed by atoms with Gasteiger partial charge in [0.1, 0.15) is 5.69 Å². The van der Waals surface area contributed by atoms with E-state index in [4.69, 9.17) is 16.1 Å². The van der Waals surface area contributed by atoms with Gasteiger partial charge in [-0.1, -0.05) is 28.9 Å². The van der Waals surface area contributed by atoms with Gasteiger partial charge >= 0.3 is 0 Å². The molecule has 0 saturated heterocycles. The summed E-state index contributed by atoms with van der Waals surface area (Å²) in [6, 6.07) is 9.08. The third-order valence-electron chi connectivity index (χ3n) is 2.86. The van der Waals surface area contributed by atoms with Crippen molar-refractivity contribution in [1.29, 1.82) is 0 Å². The van der Waals surface area contributed by atoms with Crippen molar-refractivity contribution in [2.45, 2.75) is 6.42 Å².